The minimum absolute atomic E-state index is 0.120. The summed E-state index contributed by atoms with van der Waals surface area (Å²) in [6.45, 7) is 9.95. The Morgan fingerprint density at radius 2 is 1.70 bits per heavy atom. The van der Waals surface area contributed by atoms with Crippen molar-refractivity contribution in [2.24, 2.45) is 5.92 Å². The first kappa shape index (κ1) is 20.7. The molecule has 0 radical (unpaired) electrons. The van der Waals surface area contributed by atoms with Crippen LogP contribution in [0.4, 0.5) is 4.79 Å². The molecule has 0 saturated carbocycles. The Hall–Kier alpha value is -2.54. The largest absolute Gasteiger partial charge is 0.465 e. The van der Waals surface area contributed by atoms with Crippen LogP contribution in [0.25, 0.3) is 10.9 Å². The zero-order chi connectivity index (χ0) is 21.3. The lowest BCUT2D eigenvalue weighted by Gasteiger charge is -2.37. The highest BCUT2D eigenvalue weighted by Crippen LogP contribution is 2.24. The van der Waals surface area contributed by atoms with E-state index in [-0.39, 0.29) is 5.91 Å². The number of piperazine rings is 1. The Balaban J connectivity index is 1.40. The molecule has 2 amide bonds. The van der Waals surface area contributed by atoms with Crippen LogP contribution >= 0.6 is 0 Å². The molecule has 0 atom stereocenters. The van der Waals surface area contributed by atoms with Crippen LogP contribution in [0, 0.1) is 5.92 Å². The van der Waals surface area contributed by atoms with Gasteiger partial charge >= 0.3 is 6.09 Å². The molecule has 7 heteroatoms. The summed E-state index contributed by atoms with van der Waals surface area (Å²) in [5.41, 5.74) is 1.89. The molecule has 30 heavy (non-hydrogen) atoms. The van der Waals surface area contributed by atoms with Gasteiger partial charge in [0.15, 0.2) is 0 Å². The number of hydrogen-bond acceptors (Lipinski definition) is 3. The number of benzene rings is 1. The van der Waals surface area contributed by atoms with Crippen LogP contribution in [0.3, 0.4) is 0 Å². The Kier molecular flexibility index (Phi) is 5.99. The van der Waals surface area contributed by atoms with Crippen molar-refractivity contribution in [3.8, 4) is 0 Å². The van der Waals surface area contributed by atoms with Crippen LogP contribution in [0.15, 0.2) is 30.5 Å². The third-order valence-electron chi connectivity index (χ3n) is 6.69. The predicted molar refractivity (Wildman–Crippen MR) is 117 cm³/mol. The molecular formula is C23H32N4O3. The van der Waals surface area contributed by atoms with Crippen molar-refractivity contribution in [1.82, 2.24) is 19.3 Å². The summed E-state index contributed by atoms with van der Waals surface area (Å²) in [7, 11) is 0. The lowest BCUT2D eigenvalue weighted by molar-refractivity contribution is 0.0595. The zero-order valence-electron chi connectivity index (χ0n) is 18.0. The fourth-order valence-electron chi connectivity index (χ4n) is 4.70. The Morgan fingerprint density at radius 3 is 2.33 bits per heavy atom. The van der Waals surface area contributed by atoms with E-state index in [1.54, 1.807) is 0 Å². The topological polar surface area (TPSA) is 69.0 Å². The number of carbonyl (C=O) groups excluding carboxylic acids is 1. The van der Waals surface area contributed by atoms with Gasteiger partial charge in [0.2, 0.25) is 0 Å². The van der Waals surface area contributed by atoms with Gasteiger partial charge in [0.05, 0.1) is 0 Å². The highest BCUT2D eigenvalue weighted by Gasteiger charge is 2.25. The first-order chi connectivity index (χ1) is 14.4. The van der Waals surface area contributed by atoms with Crippen LogP contribution in [0.5, 0.6) is 0 Å². The van der Waals surface area contributed by atoms with Crippen LogP contribution < -0.4 is 0 Å². The molecule has 4 rings (SSSR count). The van der Waals surface area contributed by atoms with E-state index < -0.39 is 6.09 Å². The molecule has 1 aromatic carbocycles. The fourth-order valence-corrected chi connectivity index (χ4v) is 4.70. The number of piperidine rings is 1. The summed E-state index contributed by atoms with van der Waals surface area (Å²) >= 11 is 0. The van der Waals surface area contributed by atoms with Gasteiger partial charge < -0.3 is 19.5 Å². The highest BCUT2D eigenvalue weighted by molar-refractivity contribution is 5.98. The van der Waals surface area contributed by atoms with Gasteiger partial charge in [-0.25, -0.2) is 4.79 Å². The molecule has 0 aliphatic carbocycles. The number of carbonyl (C=O) groups is 2. The van der Waals surface area contributed by atoms with Crippen molar-refractivity contribution < 1.29 is 14.7 Å². The van der Waals surface area contributed by atoms with Gasteiger partial charge in [-0.2, -0.15) is 0 Å². The minimum Gasteiger partial charge on any atom is -0.465 e. The van der Waals surface area contributed by atoms with E-state index in [1.165, 1.54) is 4.90 Å². The van der Waals surface area contributed by atoms with E-state index in [0.717, 1.165) is 62.0 Å². The summed E-state index contributed by atoms with van der Waals surface area (Å²) in [6, 6.07) is 8.61. The second-order valence-electron chi connectivity index (χ2n) is 8.88. The fraction of sp³-hybridized carbons (Fsp3) is 0.565. The van der Waals surface area contributed by atoms with Gasteiger partial charge in [0, 0.05) is 74.5 Å². The summed E-state index contributed by atoms with van der Waals surface area (Å²) in [4.78, 5) is 29.9. The second kappa shape index (κ2) is 8.68. The smallest absolute Gasteiger partial charge is 0.407 e. The Bertz CT molecular complexity index is 906. The summed E-state index contributed by atoms with van der Waals surface area (Å²) in [5, 5.41) is 10.2. The third kappa shape index (κ3) is 4.31. The molecule has 0 unspecified atom stereocenters. The molecule has 2 fully saturated rings. The number of fused-ring (bicyclic) bond motifs is 1. The summed E-state index contributed by atoms with van der Waals surface area (Å²) in [6.07, 6.45) is 3.06. The highest BCUT2D eigenvalue weighted by atomic mass is 16.4. The van der Waals surface area contributed by atoms with Crippen LogP contribution in [0.2, 0.25) is 0 Å². The first-order valence-corrected chi connectivity index (χ1v) is 11.0. The van der Waals surface area contributed by atoms with Gasteiger partial charge in [-0.15, -0.1) is 0 Å². The number of nitrogens with zero attached hydrogens (tertiary/aromatic N) is 4. The van der Waals surface area contributed by atoms with Crippen molar-refractivity contribution in [1.29, 1.82) is 0 Å². The maximum atomic E-state index is 13.0. The van der Waals surface area contributed by atoms with Gasteiger partial charge in [-0.05, 0) is 56.9 Å². The standard InChI is InChI=1S/C23H32N4O3/c1-17(2)24-11-13-25(14-12-24)22(28)20-3-4-21-19(15-20)7-10-27(21)16-18-5-8-26(9-6-18)23(29)30/h3-4,7,10,15,17-18H,5-6,8-9,11-14,16H2,1-2H3,(H,29,30). The van der Waals surface area contributed by atoms with Gasteiger partial charge in [0.25, 0.3) is 5.91 Å². The molecule has 2 aromatic rings. The predicted octanol–water partition coefficient (Wildman–Crippen LogP) is 3.20. The van der Waals surface area contributed by atoms with Gasteiger partial charge in [0.1, 0.15) is 0 Å². The Morgan fingerprint density at radius 1 is 1.00 bits per heavy atom. The molecule has 2 aliphatic rings. The average Bonchev–Trinajstić information content (AvgIpc) is 3.15. The maximum absolute atomic E-state index is 13.0. The first-order valence-electron chi connectivity index (χ1n) is 11.0. The molecule has 3 heterocycles. The molecule has 0 bridgehead atoms. The zero-order valence-corrected chi connectivity index (χ0v) is 18.0. The minimum atomic E-state index is -0.817. The lowest BCUT2D eigenvalue weighted by atomic mass is 9.97. The number of likely N-dealkylation sites (tertiary alicyclic amines) is 1. The summed E-state index contributed by atoms with van der Waals surface area (Å²) < 4.78 is 2.24. The van der Waals surface area contributed by atoms with E-state index in [2.05, 4.69) is 41.6 Å². The Labute approximate surface area is 177 Å². The number of amides is 2. The molecule has 1 N–H and O–H groups in total. The molecule has 162 valence electrons. The van der Waals surface area contributed by atoms with E-state index >= 15 is 0 Å². The molecule has 0 spiro atoms. The summed E-state index contributed by atoms with van der Waals surface area (Å²) in [5.74, 6) is 0.601. The normalized spacial score (nSPS) is 19.0. The number of hydrogen-bond donors (Lipinski definition) is 1. The van der Waals surface area contributed by atoms with Crippen molar-refractivity contribution in [3.05, 3.63) is 36.0 Å². The molecular weight excluding hydrogens is 380 g/mol. The van der Waals surface area contributed by atoms with Crippen LogP contribution in [-0.4, -0.2) is 81.7 Å². The van der Waals surface area contributed by atoms with Gasteiger partial charge in [-0.1, -0.05) is 0 Å². The van der Waals surface area contributed by atoms with Gasteiger partial charge in [-0.3, -0.25) is 9.69 Å². The van der Waals surface area contributed by atoms with Crippen molar-refractivity contribution in [2.75, 3.05) is 39.3 Å². The SMILES string of the molecule is CC(C)N1CCN(C(=O)c2ccc3c(ccn3CC3CCN(C(=O)O)CC3)c2)CC1. The van der Waals surface area contributed by atoms with Crippen molar-refractivity contribution in [2.45, 2.75) is 39.3 Å². The van der Waals surface area contributed by atoms with Crippen LogP contribution in [0.1, 0.15) is 37.0 Å². The van der Waals surface area contributed by atoms with E-state index in [1.807, 2.05) is 17.0 Å². The average molecular weight is 413 g/mol. The number of carboxylic acid groups (broad SMARTS) is 1. The molecule has 2 aliphatic heterocycles. The quantitative estimate of drug-likeness (QED) is 0.837. The van der Waals surface area contributed by atoms with Crippen molar-refractivity contribution >= 4 is 22.9 Å². The van der Waals surface area contributed by atoms with E-state index in [9.17, 15) is 9.59 Å². The van der Waals surface area contributed by atoms with Crippen molar-refractivity contribution in [3.63, 3.8) is 0 Å². The maximum Gasteiger partial charge on any atom is 0.407 e. The number of aromatic nitrogens is 1. The lowest BCUT2D eigenvalue weighted by Crippen LogP contribution is -2.50. The number of rotatable bonds is 4. The molecule has 2 saturated heterocycles. The van der Waals surface area contributed by atoms with Crippen LogP contribution in [-0.2, 0) is 6.54 Å². The second-order valence-corrected chi connectivity index (χ2v) is 8.88. The third-order valence-corrected chi connectivity index (χ3v) is 6.69. The molecule has 7 nitrogen and oxygen atoms in total. The van der Waals surface area contributed by atoms with E-state index in [4.69, 9.17) is 5.11 Å². The monoisotopic (exact) mass is 412 g/mol. The van der Waals surface area contributed by atoms with E-state index in [0.29, 0.717) is 25.0 Å². The molecule has 1 aromatic heterocycles.